The highest BCUT2D eigenvalue weighted by Crippen LogP contribution is 2.44. The fourth-order valence-electron chi connectivity index (χ4n) is 5.08. The number of ether oxygens (including phenoxy) is 2. The molecule has 3 aliphatic rings. The Kier molecular flexibility index (Phi) is 5.25. The molecule has 13 heteroatoms. The third kappa shape index (κ3) is 3.55. The number of aliphatic hydroxyl groups excluding tert-OH is 1. The first-order chi connectivity index (χ1) is 17.0. The topological polar surface area (TPSA) is 135 Å². The predicted molar refractivity (Wildman–Crippen MR) is 127 cm³/mol. The number of anilines is 2. The number of likely N-dealkylation sites (N-methyl/N-ethyl adjacent to an activating group) is 1. The summed E-state index contributed by atoms with van der Waals surface area (Å²) in [5.74, 6) is -0.571. The van der Waals surface area contributed by atoms with Crippen LogP contribution in [0.5, 0.6) is 0 Å². The molecule has 2 aromatic heterocycles. The van der Waals surface area contributed by atoms with Crippen LogP contribution in [0.4, 0.5) is 16.0 Å². The zero-order valence-electron chi connectivity index (χ0n) is 19.7. The van der Waals surface area contributed by atoms with E-state index in [1.54, 1.807) is 7.05 Å². The molecular weight excluding hydrogens is 495 g/mol. The van der Waals surface area contributed by atoms with Gasteiger partial charge in [-0.1, -0.05) is 11.6 Å². The van der Waals surface area contributed by atoms with Gasteiger partial charge in [-0.3, -0.25) is 4.79 Å². The lowest BCUT2D eigenvalue weighted by molar-refractivity contribution is -0.156. The van der Waals surface area contributed by atoms with E-state index in [0.29, 0.717) is 24.2 Å². The van der Waals surface area contributed by atoms with Crippen LogP contribution < -0.4 is 10.2 Å². The van der Waals surface area contributed by atoms with Gasteiger partial charge in [-0.25, -0.2) is 19.3 Å². The van der Waals surface area contributed by atoms with Crippen molar-refractivity contribution in [1.29, 1.82) is 0 Å². The molecule has 5 heterocycles. The van der Waals surface area contributed by atoms with Crippen LogP contribution in [0.3, 0.4) is 0 Å². The molecule has 0 saturated carbocycles. The number of nitrogens with zero attached hydrogens (tertiary/aromatic N) is 5. The van der Waals surface area contributed by atoms with Crippen LogP contribution in [0.2, 0.25) is 5.02 Å². The molecular formula is C23H24ClFN6O5. The summed E-state index contributed by atoms with van der Waals surface area (Å²) in [6.45, 7) is 3.36. The van der Waals surface area contributed by atoms with E-state index in [-0.39, 0.29) is 52.1 Å². The number of amides is 1. The Hall–Kier alpha value is -2.90. The van der Waals surface area contributed by atoms with Gasteiger partial charge in [0, 0.05) is 12.6 Å². The molecule has 3 aliphatic heterocycles. The molecule has 3 N–H and O–H groups in total. The molecule has 2 saturated heterocycles. The third-order valence-electron chi connectivity index (χ3n) is 6.79. The maximum absolute atomic E-state index is 15.4. The van der Waals surface area contributed by atoms with E-state index in [4.69, 9.17) is 21.1 Å². The molecule has 190 valence electrons. The summed E-state index contributed by atoms with van der Waals surface area (Å²) < 4.78 is 27.9. The van der Waals surface area contributed by atoms with Gasteiger partial charge >= 0.3 is 0 Å². The number of halogens is 2. The van der Waals surface area contributed by atoms with Gasteiger partial charge in [-0.05, 0) is 26.3 Å². The van der Waals surface area contributed by atoms with Gasteiger partial charge in [0.2, 0.25) is 11.9 Å². The summed E-state index contributed by atoms with van der Waals surface area (Å²) in [5, 5.41) is 24.4. The van der Waals surface area contributed by atoms with Crippen molar-refractivity contribution in [2.24, 2.45) is 0 Å². The molecule has 1 aromatic carbocycles. The molecule has 0 spiro atoms. The highest BCUT2D eigenvalue weighted by atomic mass is 35.5. The number of carbonyl (C=O) groups is 1. The normalized spacial score (nSPS) is 25.6. The monoisotopic (exact) mass is 518 g/mol. The molecule has 11 nitrogen and oxygen atoms in total. The quantitative estimate of drug-likeness (QED) is 0.472. The summed E-state index contributed by atoms with van der Waals surface area (Å²) in [6.07, 6.45) is 0.0653. The van der Waals surface area contributed by atoms with Crippen molar-refractivity contribution in [3.63, 3.8) is 0 Å². The molecule has 3 aromatic rings. The smallest absolute Gasteiger partial charge is 0.246 e. The fraction of sp³-hybridized carbons (Fsp3) is 0.478. The Bertz CT molecular complexity index is 1410. The van der Waals surface area contributed by atoms with Crippen molar-refractivity contribution in [3.05, 3.63) is 28.9 Å². The number of aromatic nitrogens is 4. The van der Waals surface area contributed by atoms with Gasteiger partial charge in [-0.2, -0.15) is 0 Å². The van der Waals surface area contributed by atoms with Gasteiger partial charge in [0.15, 0.2) is 12.1 Å². The van der Waals surface area contributed by atoms with Crippen LogP contribution in [-0.4, -0.2) is 73.8 Å². The second-order valence-corrected chi connectivity index (χ2v) is 10.2. The molecule has 2 bridgehead atoms. The first kappa shape index (κ1) is 23.5. The Morgan fingerprint density at radius 2 is 2.11 bits per heavy atom. The summed E-state index contributed by atoms with van der Waals surface area (Å²) in [7, 11) is 1.58. The first-order valence-corrected chi connectivity index (χ1v) is 11.9. The van der Waals surface area contributed by atoms with Crippen molar-refractivity contribution < 1.29 is 28.9 Å². The lowest BCUT2D eigenvalue weighted by Crippen LogP contribution is -2.48. The van der Waals surface area contributed by atoms with Gasteiger partial charge in [0.25, 0.3) is 0 Å². The molecule has 0 radical (unpaired) electrons. The largest absolute Gasteiger partial charge is 0.386 e. The average molecular weight is 519 g/mol. The van der Waals surface area contributed by atoms with Crippen LogP contribution in [0.25, 0.3) is 22.3 Å². The van der Waals surface area contributed by atoms with Crippen molar-refractivity contribution in [2.75, 3.05) is 23.9 Å². The fourth-order valence-corrected chi connectivity index (χ4v) is 5.27. The van der Waals surface area contributed by atoms with Gasteiger partial charge in [0.05, 0.1) is 46.9 Å². The third-order valence-corrected chi connectivity index (χ3v) is 7.07. The lowest BCUT2D eigenvalue weighted by Gasteiger charge is -2.32. The number of imidazole rings is 1. The highest BCUT2D eigenvalue weighted by molar-refractivity contribution is 6.33. The number of carbonyl (C=O) groups excluding carboxylic acids is 1. The maximum atomic E-state index is 15.4. The van der Waals surface area contributed by atoms with E-state index in [1.807, 2.05) is 0 Å². The number of fused-ring (bicyclic) bond motifs is 2. The predicted octanol–water partition coefficient (Wildman–Crippen LogP) is 1.78. The van der Waals surface area contributed by atoms with Crippen LogP contribution >= 0.6 is 11.6 Å². The van der Waals surface area contributed by atoms with E-state index in [0.717, 1.165) is 0 Å². The average Bonchev–Trinajstić information content (AvgIpc) is 3.40. The minimum absolute atomic E-state index is 0.0366. The number of hydrogen-bond acceptors (Lipinski definition) is 9. The van der Waals surface area contributed by atoms with Crippen molar-refractivity contribution in [1.82, 2.24) is 19.5 Å². The van der Waals surface area contributed by atoms with Gasteiger partial charge in [-0.15, -0.1) is 0 Å². The van der Waals surface area contributed by atoms with Crippen molar-refractivity contribution >= 4 is 40.2 Å². The van der Waals surface area contributed by atoms with Crippen molar-refractivity contribution in [2.45, 2.75) is 57.0 Å². The molecule has 36 heavy (non-hydrogen) atoms. The minimum atomic E-state index is -1.41. The first-order valence-electron chi connectivity index (χ1n) is 11.5. The van der Waals surface area contributed by atoms with E-state index in [9.17, 15) is 15.0 Å². The number of rotatable bonds is 4. The second kappa shape index (κ2) is 8.05. The van der Waals surface area contributed by atoms with Gasteiger partial charge < -0.3 is 34.5 Å². The van der Waals surface area contributed by atoms with Crippen LogP contribution in [-0.2, 0) is 26.4 Å². The lowest BCUT2D eigenvalue weighted by atomic mass is 10.0. The molecule has 2 fully saturated rings. The summed E-state index contributed by atoms with van der Waals surface area (Å²) in [4.78, 5) is 27.4. The number of aliphatic hydroxyl groups is 2. The summed E-state index contributed by atoms with van der Waals surface area (Å²) in [5.41, 5.74) is -0.169. The summed E-state index contributed by atoms with van der Waals surface area (Å²) >= 11 is 6.48. The molecule has 0 unspecified atom stereocenters. The van der Waals surface area contributed by atoms with E-state index in [1.165, 1.54) is 35.6 Å². The van der Waals surface area contributed by atoms with E-state index >= 15 is 4.39 Å². The number of hydrogen-bond donors (Lipinski definition) is 3. The minimum Gasteiger partial charge on any atom is -0.386 e. The molecule has 0 aliphatic carbocycles. The Balaban J connectivity index is 1.49. The Morgan fingerprint density at radius 3 is 2.86 bits per heavy atom. The van der Waals surface area contributed by atoms with Crippen LogP contribution in [0, 0.1) is 5.82 Å². The second-order valence-electron chi connectivity index (χ2n) is 9.81. The number of benzene rings is 1. The molecule has 1 amide bonds. The standard InChI is InChI=1S/C23H24ClFN6O5/c1-23(2,34)21-28-16-12(25)5-10(17-18(16)31(21)7-14(32)30(17)3)15-11(24)6-26-22(29-15)27-13-4-9-8-35-20(36-9)19(13)33/h5-6,9,13,19-20,33-34H,4,7-8H2,1-3H3,(H,26,27,29)/t9-,13+,19-,20+/m0/s1. The Labute approximate surface area is 209 Å². The SMILES string of the molecule is CN1C(=O)Cn2c(C(C)(C)O)nc3c(F)cc(-c4nc(N[C@@H]5C[C@H]6CO[C@H](O6)[C@H]5O)ncc4Cl)c1c32. The molecule has 6 rings (SSSR count). The highest BCUT2D eigenvalue weighted by Gasteiger charge is 2.43. The van der Waals surface area contributed by atoms with Crippen molar-refractivity contribution in [3.8, 4) is 11.3 Å². The van der Waals surface area contributed by atoms with Crippen LogP contribution in [0.15, 0.2) is 12.3 Å². The molecule has 4 atom stereocenters. The van der Waals surface area contributed by atoms with E-state index in [2.05, 4.69) is 20.3 Å². The zero-order chi connectivity index (χ0) is 25.5. The summed E-state index contributed by atoms with van der Waals surface area (Å²) in [6, 6.07) is 0.802. The zero-order valence-corrected chi connectivity index (χ0v) is 20.5. The van der Waals surface area contributed by atoms with Gasteiger partial charge in [0.1, 0.15) is 29.6 Å². The number of nitrogens with one attached hydrogen (secondary N) is 1. The maximum Gasteiger partial charge on any atom is 0.246 e. The Morgan fingerprint density at radius 1 is 1.33 bits per heavy atom. The van der Waals surface area contributed by atoms with E-state index < -0.39 is 29.9 Å². The van der Waals surface area contributed by atoms with Crippen LogP contribution in [0.1, 0.15) is 26.1 Å².